The van der Waals surface area contributed by atoms with Crippen molar-refractivity contribution < 1.29 is 32.2 Å². The lowest BCUT2D eigenvalue weighted by atomic mass is 10.0. The summed E-state index contributed by atoms with van der Waals surface area (Å²) in [5, 5.41) is 6.05. The van der Waals surface area contributed by atoms with Crippen LogP contribution in [-0.4, -0.2) is 49.4 Å². The van der Waals surface area contributed by atoms with E-state index in [2.05, 4.69) is 15.4 Å². The molecule has 10 heteroatoms. The number of nitrogens with one attached hydrogen (secondary N) is 2. The third-order valence-electron chi connectivity index (χ3n) is 4.27. The Labute approximate surface area is 165 Å². The van der Waals surface area contributed by atoms with E-state index in [1.165, 1.54) is 0 Å². The zero-order valence-corrected chi connectivity index (χ0v) is 16.0. The van der Waals surface area contributed by atoms with Gasteiger partial charge in [0.15, 0.2) is 6.61 Å². The zero-order valence-electron chi connectivity index (χ0n) is 15.3. The molecule has 1 unspecified atom stereocenters. The summed E-state index contributed by atoms with van der Waals surface area (Å²) in [6, 6.07) is 6.15. The van der Waals surface area contributed by atoms with Gasteiger partial charge in [-0.3, -0.25) is 9.59 Å². The molecule has 1 saturated carbocycles. The number of alkyl halides is 3. The second kappa shape index (κ2) is 9.47. The fraction of sp³-hybridized carbons (Fsp3) is 0.556. The van der Waals surface area contributed by atoms with E-state index in [-0.39, 0.29) is 12.5 Å². The van der Waals surface area contributed by atoms with Gasteiger partial charge in [0.05, 0.1) is 11.6 Å². The second-order valence-electron chi connectivity index (χ2n) is 6.58. The summed E-state index contributed by atoms with van der Waals surface area (Å²) >= 11 is 5.78. The molecule has 0 aliphatic heterocycles. The molecule has 0 heterocycles. The van der Waals surface area contributed by atoms with Gasteiger partial charge in [-0.05, 0) is 43.5 Å². The first-order chi connectivity index (χ1) is 13.1. The molecule has 1 aliphatic rings. The summed E-state index contributed by atoms with van der Waals surface area (Å²) in [5.41, 5.74) is -0.616. The van der Waals surface area contributed by atoms with Gasteiger partial charge in [-0.1, -0.05) is 18.5 Å². The van der Waals surface area contributed by atoms with Crippen molar-refractivity contribution in [1.82, 2.24) is 10.6 Å². The first-order valence-corrected chi connectivity index (χ1v) is 9.14. The highest BCUT2D eigenvalue weighted by Gasteiger charge is 2.50. The lowest BCUT2D eigenvalue weighted by molar-refractivity contribution is -0.175. The average Bonchev–Trinajstić information content (AvgIpc) is 3.38. The van der Waals surface area contributed by atoms with Gasteiger partial charge in [-0.25, -0.2) is 0 Å². The minimum atomic E-state index is -4.49. The van der Waals surface area contributed by atoms with Crippen molar-refractivity contribution in [2.45, 2.75) is 43.9 Å². The van der Waals surface area contributed by atoms with Gasteiger partial charge in [0, 0.05) is 5.02 Å². The Bertz CT molecular complexity index is 678. The van der Waals surface area contributed by atoms with E-state index >= 15 is 0 Å². The molecule has 1 aromatic carbocycles. The van der Waals surface area contributed by atoms with Gasteiger partial charge in [0.25, 0.3) is 5.91 Å². The number of ether oxygens (including phenoxy) is 2. The van der Waals surface area contributed by atoms with Crippen molar-refractivity contribution in [1.29, 1.82) is 0 Å². The largest absolute Gasteiger partial charge is 0.484 e. The van der Waals surface area contributed by atoms with Crippen LogP contribution in [0.3, 0.4) is 0 Å². The predicted molar refractivity (Wildman–Crippen MR) is 96.2 cm³/mol. The Morgan fingerprint density at radius 2 is 1.82 bits per heavy atom. The molecule has 6 nitrogen and oxygen atoms in total. The van der Waals surface area contributed by atoms with Gasteiger partial charge in [-0.2, -0.15) is 13.2 Å². The Kier molecular flexibility index (Phi) is 7.54. The summed E-state index contributed by atoms with van der Waals surface area (Å²) in [7, 11) is 0. The highest BCUT2D eigenvalue weighted by molar-refractivity contribution is 6.30. The molecule has 1 fully saturated rings. The Balaban J connectivity index is 1.80. The van der Waals surface area contributed by atoms with Crippen LogP contribution in [0.5, 0.6) is 5.75 Å². The maximum atomic E-state index is 12.2. The molecule has 28 heavy (non-hydrogen) atoms. The van der Waals surface area contributed by atoms with Crippen LogP contribution in [0.2, 0.25) is 5.02 Å². The van der Waals surface area contributed by atoms with Gasteiger partial charge in [0.2, 0.25) is 5.91 Å². The van der Waals surface area contributed by atoms with Crippen molar-refractivity contribution >= 4 is 23.4 Å². The summed E-state index contributed by atoms with van der Waals surface area (Å²) in [6.07, 6.45) is -2.67. The van der Waals surface area contributed by atoms with Crippen LogP contribution in [0.4, 0.5) is 13.2 Å². The maximum Gasteiger partial charge on any atom is 0.411 e. The van der Waals surface area contributed by atoms with E-state index in [0.29, 0.717) is 30.0 Å². The fourth-order valence-corrected chi connectivity index (χ4v) is 2.94. The molecule has 2 amide bonds. The lowest BCUT2D eigenvalue weighted by Crippen LogP contribution is -2.55. The Hall–Kier alpha value is -2.00. The molecular formula is C18H22ClF3N2O4. The highest BCUT2D eigenvalue weighted by Crippen LogP contribution is 2.40. The zero-order chi connectivity index (χ0) is 20.8. The van der Waals surface area contributed by atoms with Crippen LogP contribution in [0.25, 0.3) is 0 Å². The first kappa shape index (κ1) is 22.3. The molecule has 2 rings (SSSR count). The number of rotatable bonds is 10. The van der Waals surface area contributed by atoms with Crippen molar-refractivity contribution in [3.8, 4) is 5.75 Å². The molecule has 0 spiro atoms. The lowest BCUT2D eigenvalue weighted by Gasteiger charge is -2.28. The highest BCUT2D eigenvalue weighted by atomic mass is 35.5. The molecule has 1 atom stereocenters. The van der Waals surface area contributed by atoms with Crippen molar-refractivity contribution in [3.63, 3.8) is 0 Å². The summed E-state index contributed by atoms with van der Waals surface area (Å²) < 4.78 is 46.0. The maximum absolute atomic E-state index is 12.2. The summed E-state index contributed by atoms with van der Waals surface area (Å²) in [4.78, 5) is 24.0. The topological polar surface area (TPSA) is 76.7 Å². The molecule has 156 valence electrons. The molecule has 1 aliphatic carbocycles. The standard InChI is InChI=1S/C18H22ClF3N2O4/c1-2-14(23-15(25)9-27-11-18(20,21)22)17(7-8-17)24-16(26)10-28-13-5-3-12(19)4-6-13/h3-6,14H,2,7-11H2,1H3,(H,23,25)(H,24,26). The summed E-state index contributed by atoms with van der Waals surface area (Å²) in [5.74, 6) is -0.519. The van der Waals surface area contributed by atoms with Gasteiger partial charge in [0.1, 0.15) is 19.0 Å². The van der Waals surface area contributed by atoms with E-state index in [9.17, 15) is 22.8 Å². The van der Waals surface area contributed by atoms with Crippen LogP contribution in [0.15, 0.2) is 24.3 Å². The van der Waals surface area contributed by atoms with Crippen LogP contribution < -0.4 is 15.4 Å². The minimum absolute atomic E-state index is 0.206. The number of carbonyl (C=O) groups is 2. The molecule has 0 radical (unpaired) electrons. The summed E-state index contributed by atoms with van der Waals surface area (Å²) in [6.45, 7) is -0.568. The molecule has 0 aromatic heterocycles. The number of carbonyl (C=O) groups excluding carboxylic acids is 2. The number of hydrogen-bond acceptors (Lipinski definition) is 4. The van der Waals surface area contributed by atoms with Crippen molar-refractivity contribution in [2.75, 3.05) is 19.8 Å². The number of hydrogen-bond donors (Lipinski definition) is 2. The Morgan fingerprint density at radius 3 is 2.36 bits per heavy atom. The third-order valence-corrected chi connectivity index (χ3v) is 4.52. The van der Waals surface area contributed by atoms with Crippen LogP contribution in [-0.2, 0) is 14.3 Å². The minimum Gasteiger partial charge on any atom is -0.484 e. The number of benzene rings is 1. The molecule has 0 bridgehead atoms. The number of halogens is 4. The SMILES string of the molecule is CCC(NC(=O)COCC(F)(F)F)C1(NC(=O)COc2ccc(Cl)cc2)CC1. The first-order valence-electron chi connectivity index (χ1n) is 8.77. The smallest absolute Gasteiger partial charge is 0.411 e. The molecular weight excluding hydrogens is 401 g/mol. The van der Waals surface area contributed by atoms with Crippen molar-refractivity contribution in [2.24, 2.45) is 0 Å². The molecule has 2 N–H and O–H groups in total. The van der Waals surface area contributed by atoms with E-state index in [0.717, 1.165) is 0 Å². The average molecular weight is 423 g/mol. The number of amides is 2. The normalized spacial score (nSPS) is 16.2. The fourth-order valence-electron chi connectivity index (χ4n) is 2.82. The molecule has 1 aromatic rings. The van der Waals surface area contributed by atoms with E-state index in [1.807, 2.05) is 6.92 Å². The van der Waals surface area contributed by atoms with Crippen molar-refractivity contribution in [3.05, 3.63) is 29.3 Å². The van der Waals surface area contributed by atoms with E-state index < -0.39 is 36.9 Å². The second-order valence-corrected chi connectivity index (χ2v) is 7.02. The van der Waals surface area contributed by atoms with Crippen LogP contribution in [0, 0.1) is 0 Å². The van der Waals surface area contributed by atoms with Crippen LogP contribution >= 0.6 is 11.6 Å². The van der Waals surface area contributed by atoms with Gasteiger partial charge in [-0.15, -0.1) is 0 Å². The monoisotopic (exact) mass is 422 g/mol. The van der Waals surface area contributed by atoms with E-state index in [4.69, 9.17) is 16.3 Å². The van der Waals surface area contributed by atoms with Crippen LogP contribution in [0.1, 0.15) is 26.2 Å². The predicted octanol–water partition coefficient (Wildman–Crippen LogP) is 2.84. The quantitative estimate of drug-likeness (QED) is 0.608. The Morgan fingerprint density at radius 1 is 1.18 bits per heavy atom. The van der Waals surface area contributed by atoms with Gasteiger partial charge < -0.3 is 20.1 Å². The third kappa shape index (κ3) is 7.20. The molecule has 0 saturated heterocycles. The van der Waals surface area contributed by atoms with E-state index in [1.54, 1.807) is 24.3 Å². The van der Waals surface area contributed by atoms with Gasteiger partial charge >= 0.3 is 6.18 Å².